The highest BCUT2D eigenvalue weighted by Gasteiger charge is 2.22. The Balaban J connectivity index is 3.30. The number of ether oxygens (including phenoxy) is 2. The van der Waals surface area contributed by atoms with Crippen molar-refractivity contribution in [2.24, 2.45) is 0 Å². The molecule has 1 rings (SSSR count). The van der Waals surface area contributed by atoms with Gasteiger partial charge in [-0.25, -0.2) is 0 Å². The molecule has 0 amide bonds. The summed E-state index contributed by atoms with van der Waals surface area (Å²) >= 11 is 0. The third-order valence-electron chi connectivity index (χ3n) is 2.62. The van der Waals surface area contributed by atoms with Gasteiger partial charge in [-0.15, -0.1) is 0 Å². The van der Waals surface area contributed by atoms with Crippen LogP contribution in [0.25, 0.3) is 0 Å². The van der Waals surface area contributed by atoms with E-state index in [4.69, 9.17) is 9.47 Å². The summed E-state index contributed by atoms with van der Waals surface area (Å²) in [7, 11) is -1.18. The molecule has 0 bridgehead atoms. The Morgan fingerprint density at radius 3 is 2.22 bits per heavy atom. The van der Waals surface area contributed by atoms with Crippen molar-refractivity contribution in [2.45, 2.75) is 17.7 Å². The van der Waals surface area contributed by atoms with E-state index in [-0.39, 0.29) is 10.8 Å². The summed E-state index contributed by atoms with van der Waals surface area (Å²) in [5, 5.41) is 0. The standard InChI is InChI=1S/C12H18O5S/c1-9-4-5-12(18(13,14)15)11(6-9)10(7-16-2)8-17-3/h4-6,10H,7-8H2,1-3H3,(H,13,14,15). The first-order valence-electron chi connectivity index (χ1n) is 5.46. The lowest BCUT2D eigenvalue weighted by molar-refractivity contribution is 0.116. The Labute approximate surface area is 107 Å². The van der Waals surface area contributed by atoms with Crippen LogP contribution < -0.4 is 0 Å². The second-order valence-electron chi connectivity index (χ2n) is 4.12. The predicted octanol–water partition coefficient (Wildman–Crippen LogP) is 1.62. The molecule has 0 aliphatic rings. The minimum Gasteiger partial charge on any atom is -0.384 e. The second kappa shape index (κ2) is 6.29. The number of rotatable bonds is 6. The SMILES string of the molecule is COCC(COC)c1cc(C)ccc1S(=O)(=O)O. The summed E-state index contributed by atoms with van der Waals surface area (Å²) < 4.78 is 42.1. The van der Waals surface area contributed by atoms with Crippen molar-refractivity contribution < 1.29 is 22.4 Å². The van der Waals surface area contributed by atoms with Gasteiger partial charge in [0.25, 0.3) is 10.1 Å². The molecule has 0 atom stereocenters. The molecule has 0 fully saturated rings. The molecule has 0 heterocycles. The van der Waals surface area contributed by atoms with Crippen LogP contribution in [0.5, 0.6) is 0 Å². The van der Waals surface area contributed by atoms with Crippen molar-refractivity contribution in [2.75, 3.05) is 27.4 Å². The van der Waals surface area contributed by atoms with Crippen LogP contribution in [0, 0.1) is 6.92 Å². The molecule has 0 aliphatic carbocycles. The molecule has 18 heavy (non-hydrogen) atoms. The number of benzene rings is 1. The van der Waals surface area contributed by atoms with E-state index >= 15 is 0 Å². The first kappa shape index (κ1) is 15.1. The number of methoxy groups -OCH3 is 2. The average Bonchev–Trinajstić information content (AvgIpc) is 2.27. The molecule has 6 heteroatoms. The van der Waals surface area contributed by atoms with Gasteiger partial charge in [0.1, 0.15) is 0 Å². The maximum Gasteiger partial charge on any atom is 0.294 e. The van der Waals surface area contributed by atoms with Gasteiger partial charge in [-0.3, -0.25) is 4.55 Å². The maximum atomic E-state index is 11.4. The van der Waals surface area contributed by atoms with Gasteiger partial charge in [-0.05, 0) is 18.6 Å². The minimum absolute atomic E-state index is 0.0906. The number of aryl methyl sites for hydroxylation is 1. The van der Waals surface area contributed by atoms with E-state index in [9.17, 15) is 13.0 Å². The van der Waals surface area contributed by atoms with E-state index < -0.39 is 10.1 Å². The second-order valence-corrected chi connectivity index (χ2v) is 5.51. The van der Waals surface area contributed by atoms with E-state index in [1.54, 1.807) is 12.1 Å². The van der Waals surface area contributed by atoms with Crippen molar-refractivity contribution in [1.82, 2.24) is 0 Å². The molecule has 1 aromatic rings. The van der Waals surface area contributed by atoms with Crippen LogP contribution in [-0.2, 0) is 19.6 Å². The molecule has 1 aromatic carbocycles. The molecule has 5 nitrogen and oxygen atoms in total. The minimum atomic E-state index is -4.24. The molecular formula is C12H18O5S. The van der Waals surface area contributed by atoms with Crippen LogP contribution in [0.2, 0.25) is 0 Å². The summed E-state index contributed by atoms with van der Waals surface area (Å²) in [5.41, 5.74) is 1.43. The summed E-state index contributed by atoms with van der Waals surface area (Å²) in [6.45, 7) is 2.49. The highest BCUT2D eigenvalue weighted by molar-refractivity contribution is 7.85. The Bertz CT molecular complexity index is 489. The molecule has 0 spiro atoms. The molecule has 0 unspecified atom stereocenters. The van der Waals surface area contributed by atoms with Gasteiger partial charge in [0.15, 0.2) is 0 Å². The van der Waals surface area contributed by atoms with Crippen LogP contribution in [0.4, 0.5) is 0 Å². The van der Waals surface area contributed by atoms with Crippen molar-refractivity contribution in [1.29, 1.82) is 0 Å². The normalized spacial score (nSPS) is 12.1. The maximum absolute atomic E-state index is 11.4. The fourth-order valence-electron chi connectivity index (χ4n) is 1.85. The Morgan fingerprint density at radius 2 is 1.78 bits per heavy atom. The first-order valence-corrected chi connectivity index (χ1v) is 6.90. The van der Waals surface area contributed by atoms with Crippen molar-refractivity contribution >= 4 is 10.1 Å². The fraction of sp³-hybridized carbons (Fsp3) is 0.500. The van der Waals surface area contributed by atoms with Crippen LogP contribution in [0.1, 0.15) is 17.0 Å². The van der Waals surface area contributed by atoms with E-state index in [0.717, 1.165) is 5.56 Å². The van der Waals surface area contributed by atoms with Gasteiger partial charge in [0, 0.05) is 20.1 Å². The molecule has 0 aliphatic heterocycles. The monoisotopic (exact) mass is 274 g/mol. The summed E-state index contributed by atoms with van der Waals surface area (Å²) in [4.78, 5) is -0.0906. The van der Waals surface area contributed by atoms with Gasteiger partial charge in [0.05, 0.1) is 18.1 Å². The lowest BCUT2D eigenvalue weighted by Gasteiger charge is -2.18. The average molecular weight is 274 g/mol. The molecule has 0 radical (unpaired) electrons. The van der Waals surface area contributed by atoms with Crippen LogP contribution in [0.15, 0.2) is 23.1 Å². The van der Waals surface area contributed by atoms with Crippen LogP contribution in [-0.4, -0.2) is 40.4 Å². The quantitative estimate of drug-likeness (QED) is 0.798. The van der Waals surface area contributed by atoms with Crippen molar-refractivity contribution in [3.63, 3.8) is 0 Å². The van der Waals surface area contributed by atoms with Crippen molar-refractivity contribution in [3.8, 4) is 0 Å². The third-order valence-corrected chi connectivity index (χ3v) is 3.55. The van der Waals surface area contributed by atoms with Crippen LogP contribution >= 0.6 is 0 Å². The predicted molar refractivity (Wildman–Crippen MR) is 67.5 cm³/mol. The summed E-state index contributed by atoms with van der Waals surface area (Å²) in [5.74, 6) is -0.239. The van der Waals surface area contributed by atoms with Crippen molar-refractivity contribution in [3.05, 3.63) is 29.3 Å². The molecule has 0 saturated heterocycles. The lowest BCUT2D eigenvalue weighted by Crippen LogP contribution is -2.16. The summed E-state index contributed by atoms with van der Waals surface area (Å²) in [6, 6.07) is 4.77. The Hall–Kier alpha value is -0.950. The molecule has 102 valence electrons. The van der Waals surface area contributed by atoms with E-state index in [1.165, 1.54) is 20.3 Å². The van der Waals surface area contributed by atoms with E-state index in [0.29, 0.717) is 18.8 Å². The van der Waals surface area contributed by atoms with Gasteiger partial charge in [0.2, 0.25) is 0 Å². The fourth-order valence-corrected chi connectivity index (χ4v) is 2.62. The van der Waals surface area contributed by atoms with Gasteiger partial charge >= 0.3 is 0 Å². The molecular weight excluding hydrogens is 256 g/mol. The first-order chi connectivity index (χ1) is 8.40. The zero-order valence-corrected chi connectivity index (χ0v) is 11.5. The van der Waals surface area contributed by atoms with Crippen LogP contribution in [0.3, 0.4) is 0 Å². The smallest absolute Gasteiger partial charge is 0.294 e. The van der Waals surface area contributed by atoms with E-state index in [2.05, 4.69) is 0 Å². The molecule has 0 aromatic heterocycles. The van der Waals surface area contributed by atoms with E-state index in [1.807, 2.05) is 6.92 Å². The summed E-state index contributed by atoms with van der Waals surface area (Å²) in [6.07, 6.45) is 0. The zero-order valence-electron chi connectivity index (χ0n) is 10.7. The third kappa shape index (κ3) is 3.78. The Morgan fingerprint density at radius 1 is 1.22 bits per heavy atom. The Kier molecular flexibility index (Phi) is 5.28. The number of hydrogen-bond donors (Lipinski definition) is 1. The lowest BCUT2D eigenvalue weighted by atomic mass is 9.99. The van der Waals surface area contributed by atoms with Gasteiger partial charge in [-0.2, -0.15) is 8.42 Å². The highest BCUT2D eigenvalue weighted by atomic mass is 32.2. The molecule has 1 N–H and O–H groups in total. The van der Waals surface area contributed by atoms with Gasteiger partial charge < -0.3 is 9.47 Å². The topological polar surface area (TPSA) is 72.8 Å². The number of hydrogen-bond acceptors (Lipinski definition) is 4. The highest BCUT2D eigenvalue weighted by Crippen LogP contribution is 2.26. The van der Waals surface area contributed by atoms with Gasteiger partial charge in [-0.1, -0.05) is 17.7 Å². The largest absolute Gasteiger partial charge is 0.384 e. The zero-order chi connectivity index (χ0) is 13.8. The molecule has 0 saturated carbocycles.